The molecular formula is C63H109NO10. The fourth-order valence-corrected chi connectivity index (χ4v) is 8.74. The standard InChI is InChI=1S/C63H109NO10/c1-4-7-10-13-16-19-22-25-26-27-28-29-30-31-33-35-38-41-44-47-50-56(67)62(71)64-54(55(66)49-46-43-40-37-34-24-21-18-15-12-9-6-3)53-72-63-61(60(70)59(69)57(52-65)73-63)74-58(68)51-48-45-42-39-36-32-23-20-17-14-11-8-5-2/h16,19,25-26,28-29,31-33,36,42,45-46,49,54-57,59-61,63,65-67,69-70H,4-15,17-18,20-24,27,30,34-35,37-41,43-44,47-48,50-53H2,1-3H3,(H,64,71)/b19-16-,26-25-,29-28-,33-31-,36-32-,45-42+,49-46+. The summed E-state index contributed by atoms with van der Waals surface area (Å²) < 4.78 is 17.5. The molecule has 8 atom stereocenters. The molecule has 1 aliphatic rings. The fraction of sp³-hybridized carbons (Fsp3) is 0.746. The van der Waals surface area contributed by atoms with Crippen molar-refractivity contribution in [2.24, 2.45) is 0 Å². The van der Waals surface area contributed by atoms with Gasteiger partial charge < -0.3 is 45.1 Å². The van der Waals surface area contributed by atoms with Gasteiger partial charge in [0.1, 0.15) is 24.4 Å². The highest BCUT2D eigenvalue weighted by Gasteiger charge is 2.47. The van der Waals surface area contributed by atoms with Crippen LogP contribution in [-0.4, -0.2) is 99.6 Å². The second-order valence-electron chi connectivity index (χ2n) is 20.4. The number of aliphatic hydroxyl groups excluding tert-OH is 5. The fourth-order valence-electron chi connectivity index (χ4n) is 8.74. The number of ether oxygens (including phenoxy) is 3. The Bertz CT molecular complexity index is 1520. The van der Waals surface area contributed by atoms with Crippen LogP contribution >= 0.6 is 0 Å². The van der Waals surface area contributed by atoms with E-state index >= 15 is 0 Å². The highest BCUT2D eigenvalue weighted by atomic mass is 16.7. The highest BCUT2D eigenvalue weighted by molar-refractivity contribution is 5.80. The van der Waals surface area contributed by atoms with Gasteiger partial charge in [-0.2, -0.15) is 0 Å². The van der Waals surface area contributed by atoms with E-state index in [-0.39, 0.29) is 19.4 Å². The molecule has 1 rings (SSSR count). The molecule has 0 saturated carbocycles. The average molecular weight is 1040 g/mol. The zero-order valence-electron chi connectivity index (χ0n) is 46.9. The smallest absolute Gasteiger partial charge is 0.306 e. The van der Waals surface area contributed by atoms with Crippen LogP contribution in [0.2, 0.25) is 0 Å². The van der Waals surface area contributed by atoms with E-state index < -0.39 is 67.4 Å². The van der Waals surface area contributed by atoms with Crippen molar-refractivity contribution in [3.8, 4) is 0 Å². The van der Waals surface area contributed by atoms with Gasteiger partial charge in [-0.05, 0) is 89.9 Å². The number of nitrogens with one attached hydrogen (secondary N) is 1. The number of rotatable bonds is 49. The van der Waals surface area contributed by atoms with Crippen molar-refractivity contribution in [1.29, 1.82) is 0 Å². The Labute approximate surface area is 451 Å². The first-order valence-corrected chi connectivity index (χ1v) is 29.9. The van der Waals surface area contributed by atoms with Crippen molar-refractivity contribution in [1.82, 2.24) is 5.32 Å². The Balaban J connectivity index is 2.75. The largest absolute Gasteiger partial charge is 0.454 e. The summed E-state index contributed by atoms with van der Waals surface area (Å²) in [5.74, 6) is -1.29. The van der Waals surface area contributed by atoms with Gasteiger partial charge in [0.15, 0.2) is 12.4 Å². The van der Waals surface area contributed by atoms with E-state index in [0.29, 0.717) is 12.8 Å². The summed E-state index contributed by atoms with van der Waals surface area (Å²) in [6.45, 7) is 5.69. The van der Waals surface area contributed by atoms with Crippen LogP contribution in [0.15, 0.2) is 85.1 Å². The maximum Gasteiger partial charge on any atom is 0.306 e. The predicted molar refractivity (Wildman–Crippen MR) is 306 cm³/mol. The number of unbranched alkanes of at least 4 members (excludes halogenated alkanes) is 23. The highest BCUT2D eigenvalue weighted by Crippen LogP contribution is 2.26. The summed E-state index contributed by atoms with van der Waals surface area (Å²) in [4.78, 5) is 26.4. The summed E-state index contributed by atoms with van der Waals surface area (Å²) >= 11 is 0. The van der Waals surface area contributed by atoms with E-state index in [1.165, 1.54) is 109 Å². The van der Waals surface area contributed by atoms with E-state index in [9.17, 15) is 35.1 Å². The molecule has 0 spiro atoms. The molecule has 6 N–H and O–H groups in total. The molecule has 1 aliphatic heterocycles. The van der Waals surface area contributed by atoms with Crippen molar-refractivity contribution < 1.29 is 49.3 Å². The quantitative estimate of drug-likeness (QED) is 0.0195. The lowest BCUT2D eigenvalue weighted by atomic mass is 9.99. The predicted octanol–water partition coefficient (Wildman–Crippen LogP) is 13.8. The Morgan fingerprint density at radius 2 is 0.932 bits per heavy atom. The summed E-state index contributed by atoms with van der Waals surface area (Å²) in [7, 11) is 0. The molecule has 1 saturated heterocycles. The van der Waals surface area contributed by atoms with Crippen LogP contribution in [0.1, 0.15) is 239 Å². The first-order chi connectivity index (χ1) is 36.2. The summed E-state index contributed by atoms with van der Waals surface area (Å²) in [6.07, 6.45) is 54.9. The molecule has 1 heterocycles. The second-order valence-corrected chi connectivity index (χ2v) is 20.4. The van der Waals surface area contributed by atoms with Crippen LogP contribution in [0.3, 0.4) is 0 Å². The maximum atomic E-state index is 13.4. The van der Waals surface area contributed by atoms with Gasteiger partial charge in [0.05, 0.1) is 25.4 Å². The van der Waals surface area contributed by atoms with Gasteiger partial charge >= 0.3 is 5.97 Å². The molecule has 74 heavy (non-hydrogen) atoms. The summed E-state index contributed by atoms with van der Waals surface area (Å²) in [5.41, 5.74) is 0. The van der Waals surface area contributed by atoms with Gasteiger partial charge in [0.2, 0.25) is 5.91 Å². The minimum atomic E-state index is -1.64. The van der Waals surface area contributed by atoms with Crippen molar-refractivity contribution in [2.75, 3.05) is 13.2 Å². The third kappa shape index (κ3) is 38.4. The summed E-state index contributed by atoms with van der Waals surface area (Å²) in [6, 6.07) is -1.05. The monoisotopic (exact) mass is 1040 g/mol. The topological polar surface area (TPSA) is 175 Å². The molecule has 11 heteroatoms. The van der Waals surface area contributed by atoms with Crippen molar-refractivity contribution in [3.05, 3.63) is 85.1 Å². The van der Waals surface area contributed by atoms with Crippen LogP contribution in [0.25, 0.3) is 0 Å². The normalized spacial score (nSPS) is 19.9. The minimum absolute atomic E-state index is 0.0119. The molecule has 0 aromatic rings. The first kappa shape index (κ1) is 68.9. The molecule has 0 aliphatic carbocycles. The van der Waals surface area contributed by atoms with Crippen molar-refractivity contribution in [2.45, 2.75) is 288 Å². The number of aliphatic hydroxyl groups is 5. The Hall–Kier alpha value is -3.16. The molecule has 1 amide bonds. The van der Waals surface area contributed by atoms with Gasteiger partial charge in [-0.3, -0.25) is 9.59 Å². The van der Waals surface area contributed by atoms with Crippen LogP contribution in [0, 0.1) is 0 Å². The van der Waals surface area contributed by atoms with Gasteiger partial charge in [0, 0.05) is 6.42 Å². The molecular weight excluding hydrogens is 931 g/mol. The molecule has 0 aromatic carbocycles. The van der Waals surface area contributed by atoms with E-state index in [1.54, 1.807) is 6.08 Å². The van der Waals surface area contributed by atoms with Gasteiger partial charge in [-0.25, -0.2) is 0 Å². The first-order valence-electron chi connectivity index (χ1n) is 29.9. The molecule has 0 bridgehead atoms. The number of carbonyl (C=O) groups excluding carboxylic acids is 2. The number of hydrogen-bond acceptors (Lipinski definition) is 10. The lowest BCUT2D eigenvalue weighted by Gasteiger charge is -2.41. The number of hydrogen-bond donors (Lipinski definition) is 6. The minimum Gasteiger partial charge on any atom is -0.454 e. The van der Waals surface area contributed by atoms with E-state index in [2.05, 4.69) is 86.8 Å². The van der Waals surface area contributed by atoms with Crippen LogP contribution < -0.4 is 5.32 Å². The zero-order chi connectivity index (χ0) is 54.0. The number of allylic oxidation sites excluding steroid dienone is 13. The van der Waals surface area contributed by atoms with Crippen LogP contribution in [-0.2, 0) is 23.8 Å². The van der Waals surface area contributed by atoms with Crippen molar-refractivity contribution >= 4 is 11.9 Å². The zero-order valence-corrected chi connectivity index (χ0v) is 46.9. The lowest BCUT2D eigenvalue weighted by Crippen LogP contribution is -2.61. The van der Waals surface area contributed by atoms with Crippen molar-refractivity contribution in [3.63, 3.8) is 0 Å². The Morgan fingerprint density at radius 1 is 0.527 bits per heavy atom. The maximum absolute atomic E-state index is 13.4. The SMILES string of the molecule is CCCCC/C=C\C/C=C\C/C=C\C/C=C\CCCCCCC(O)C(=O)NC(COC1OC(CO)C(O)C(O)C1OC(=O)CC/C=C/C/C=C\CCCCCCCC)C(O)/C=C/CCCCCCCCCCCC. The van der Waals surface area contributed by atoms with Gasteiger partial charge in [-0.15, -0.1) is 0 Å². The average Bonchev–Trinajstić information content (AvgIpc) is 3.40. The Morgan fingerprint density at radius 3 is 1.42 bits per heavy atom. The molecule has 1 fully saturated rings. The second kappa shape index (κ2) is 50.6. The van der Waals surface area contributed by atoms with Crippen LogP contribution in [0.5, 0.6) is 0 Å². The van der Waals surface area contributed by atoms with E-state index in [1.807, 2.05) is 18.2 Å². The van der Waals surface area contributed by atoms with Gasteiger partial charge in [-0.1, -0.05) is 228 Å². The molecule has 8 unspecified atom stereocenters. The Kier molecular flexibility index (Phi) is 47.1. The third-order valence-electron chi connectivity index (χ3n) is 13.5. The summed E-state index contributed by atoms with van der Waals surface area (Å²) in [5, 5.41) is 56.8. The van der Waals surface area contributed by atoms with E-state index in [0.717, 1.165) is 83.5 Å². The third-order valence-corrected chi connectivity index (χ3v) is 13.5. The molecule has 11 nitrogen and oxygen atoms in total. The van der Waals surface area contributed by atoms with Crippen LogP contribution in [0.4, 0.5) is 0 Å². The van der Waals surface area contributed by atoms with Gasteiger partial charge in [0.25, 0.3) is 0 Å². The van der Waals surface area contributed by atoms with E-state index in [4.69, 9.17) is 14.2 Å². The number of esters is 1. The molecule has 0 radical (unpaired) electrons. The lowest BCUT2D eigenvalue weighted by molar-refractivity contribution is -0.305. The molecule has 426 valence electrons. The number of amides is 1. The number of carbonyl (C=O) groups is 2. The molecule has 0 aromatic heterocycles.